The Labute approximate surface area is 310 Å². The maximum atomic E-state index is 13.6. The number of esters is 1. The molecule has 9 N–H and O–H groups in total. The van der Waals surface area contributed by atoms with Gasteiger partial charge in [0.2, 0.25) is 5.91 Å². The van der Waals surface area contributed by atoms with Crippen molar-refractivity contribution in [2.24, 2.45) is 5.73 Å². The number of amidine groups is 1. The van der Waals surface area contributed by atoms with Crippen LogP contribution in [0.2, 0.25) is 0 Å². The van der Waals surface area contributed by atoms with Crippen LogP contribution in [0.15, 0.2) is 83.8 Å². The zero-order valence-electron chi connectivity index (χ0n) is 29.3. The second-order valence-corrected chi connectivity index (χ2v) is 11.9. The van der Waals surface area contributed by atoms with E-state index in [1.54, 1.807) is 60.7 Å². The van der Waals surface area contributed by atoms with Crippen molar-refractivity contribution in [3.05, 3.63) is 112 Å². The number of carboxylic acids is 1. The summed E-state index contributed by atoms with van der Waals surface area (Å²) in [5, 5.41) is 23.5. The number of carbonyl (C=O) groups is 4. The molecule has 1 heterocycles. The van der Waals surface area contributed by atoms with Crippen molar-refractivity contribution in [3.63, 3.8) is 0 Å². The van der Waals surface area contributed by atoms with Gasteiger partial charge < -0.3 is 37.3 Å². The lowest BCUT2D eigenvalue weighted by atomic mass is 10.0. The highest BCUT2D eigenvalue weighted by molar-refractivity contribution is 5.99. The largest absolute Gasteiger partial charge is 0.477 e. The molecular formula is C37H44F2N8O7. The van der Waals surface area contributed by atoms with E-state index in [-0.39, 0.29) is 55.2 Å². The number of carbonyl (C=O) groups excluding carboxylic acids is 3. The van der Waals surface area contributed by atoms with E-state index in [9.17, 15) is 32.8 Å². The van der Waals surface area contributed by atoms with Crippen molar-refractivity contribution in [3.8, 4) is 11.3 Å². The van der Waals surface area contributed by atoms with Crippen molar-refractivity contribution in [2.45, 2.75) is 59.3 Å². The topological polar surface area (TPSA) is 245 Å². The number of nitrogen functional groups attached to an aromatic ring is 2. The summed E-state index contributed by atoms with van der Waals surface area (Å²) in [6, 6.07) is 18.8. The van der Waals surface area contributed by atoms with Crippen LogP contribution in [0, 0.1) is 5.41 Å². The molecule has 0 unspecified atom stereocenters. The maximum absolute atomic E-state index is 13.6. The predicted octanol–water partition coefficient (Wildman–Crippen LogP) is 3.92. The van der Waals surface area contributed by atoms with Crippen LogP contribution in [-0.4, -0.2) is 63.3 Å². The molecule has 0 aliphatic heterocycles. The van der Waals surface area contributed by atoms with Gasteiger partial charge in [-0.15, -0.1) is 0 Å². The number of benzene rings is 3. The minimum absolute atomic E-state index is 0. The lowest BCUT2D eigenvalue weighted by Crippen LogP contribution is -2.35. The van der Waals surface area contributed by atoms with Crippen molar-refractivity contribution in [1.82, 2.24) is 20.2 Å². The first-order valence-corrected chi connectivity index (χ1v) is 15.9. The Morgan fingerprint density at radius 1 is 1.02 bits per heavy atom. The van der Waals surface area contributed by atoms with Crippen LogP contribution in [0.25, 0.3) is 11.3 Å². The Hall–Kier alpha value is -6.65. The fourth-order valence-corrected chi connectivity index (χ4v) is 4.64. The van der Waals surface area contributed by atoms with E-state index in [0.29, 0.717) is 23.6 Å². The number of nitrogens with zero attached hydrogens (tertiary/aromatic N) is 2. The fourth-order valence-electron chi connectivity index (χ4n) is 4.64. The monoisotopic (exact) mass is 750 g/mol. The Kier molecular flexibility index (Phi) is 15.5. The molecule has 4 aromatic rings. The minimum Gasteiger partial charge on any atom is -0.477 e. The standard InChI is InChI=1S/C33H36N8O5.C3H4F2O2.CH4/c1-19(2)39-30-32(44)41(18-27(42)37-16-20-9-11-22(12-10-20)29(35)36)26(17-38-30)23-13-24(15-25(34)14-23)31(43)40-28(33(45)46-3)21-7-5-4-6-8-21;1-3(4,5)2(6)7;/h4-15,17,19,28H,16,18,34H2,1-3H3,(H3,35,36)(H,37,42)(H,38,39)(H,40,43);1H3,(H,6,7);1H4/t28-;;/m1../s1. The number of aromatic nitrogens is 2. The van der Waals surface area contributed by atoms with E-state index in [1.165, 1.54) is 30.0 Å². The van der Waals surface area contributed by atoms with Gasteiger partial charge in [0.05, 0.1) is 19.0 Å². The highest BCUT2D eigenvalue weighted by Crippen LogP contribution is 2.24. The molecule has 15 nitrogen and oxygen atoms in total. The zero-order chi connectivity index (χ0) is 39.5. The van der Waals surface area contributed by atoms with Gasteiger partial charge in [0, 0.05) is 41.9 Å². The molecule has 0 radical (unpaired) electrons. The summed E-state index contributed by atoms with van der Waals surface area (Å²) in [4.78, 5) is 66.2. The van der Waals surface area contributed by atoms with Crippen LogP contribution < -0.4 is 33.0 Å². The number of methoxy groups -OCH3 is 1. The molecule has 1 aromatic heterocycles. The minimum atomic E-state index is -3.58. The third-order valence-electron chi connectivity index (χ3n) is 7.27. The first-order valence-electron chi connectivity index (χ1n) is 15.9. The van der Waals surface area contributed by atoms with Gasteiger partial charge in [0.15, 0.2) is 11.9 Å². The van der Waals surface area contributed by atoms with Crippen molar-refractivity contribution < 1.29 is 37.8 Å². The summed E-state index contributed by atoms with van der Waals surface area (Å²) in [5.41, 5.74) is 13.9. The number of alkyl halides is 2. The lowest BCUT2D eigenvalue weighted by Gasteiger charge is -2.18. The van der Waals surface area contributed by atoms with Gasteiger partial charge >= 0.3 is 17.9 Å². The van der Waals surface area contributed by atoms with E-state index in [0.717, 1.165) is 5.56 Å². The third kappa shape index (κ3) is 12.2. The summed E-state index contributed by atoms with van der Waals surface area (Å²) < 4.78 is 28.6. The van der Waals surface area contributed by atoms with Gasteiger partial charge in [-0.05, 0) is 43.2 Å². The van der Waals surface area contributed by atoms with Gasteiger partial charge in [-0.2, -0.15) is 8.78 Å². The molecule has 3 aromatic carbocycles. The highest BCUT2D eigenvalue weighted by Gasteiger charge is 2.31. The molecule has 4 rings (SSSR count). The number of anilines is 2. The zero-order valence-corrected chi connectivity index (χ0v) is 29.3. The quantitative estimate of drug-likeness (QED) is 0.0447. The van der Waals surface area contributed by atoms with Gasteiger partial charge in [0.25, 0.3) is 11.5 Å². The highest BCUT2D eigenvalue weighted by atomic mass is 19.3. The van der Waals surface area contributed by atoms with Crippen molar-refractivity contribution >= 4 is 41.1 Å². The van der Waals surface area contributed by atoms with Crippen LogP contribution in [0.1, 0.15) is 61.3 Å². The third-order valence-corrected chi connectivity index (χ3v) is 7.27. The molecule has 1 atom stereocenters. The number of amides is 2. The van der Waals surface area contributed by atoms with E-state index < -0.39 is 41.3 Å². The molecule has 2 amide bonds. The van der Waals surface area contributed by atoms with E-state index in [1.807, 2.05) is 13.8 Å². The molecule has 0 aliphatic rings. The number of carboxylic acid groups (broad SMARTS) is 1. The summed E-state index contributed by atoms with van der Waals surface area (Å²) >= 11 is 0. The number of aliphatic carboxylic acids is 1. The number of rotatable bonds is 13. The smallest absolute Gasteiger partial charge is 0.374 e. The normalized spacial score (nSPS) is 11.2. The molecule has 0 saturated carbocycles. The Balaban J connectivity index is 0.00000115. The second kappa shape index (κ2) is 19.3. The summed E-state index contributed by atoms with van der Waals surface area (Å²) in [5.74, 6) is -7.40. The number of ether oxygens (including phenoxy) is 1. The SMILES string of the molecule is C.CC(F)(F)C(=O)O.COC(=O)[C@H](NC(=O)c1cc(N)cc(-c2cnc(NC(C)C)c(=O)n2CC(=O)NCc2ccc(C(=N)N)cc2)c1)c1ccccc1. The second-order valence-electron chi connectivity index (χ2n) is 11.9. The first kappa shape index (κ1) is 43.5. The molecule has 0 bridgehead atoms. The van der Waals surface area contributed by atoms with Gasteiger partial charge in [-0.1, -0.05) is 62.0 Å². The molecule has 0 fully saturated rings. The van der Waals surface area contributed by atoms with Gasteiger partial charge in [0.1, 0.15) is 12.4 Å². The molecule has 54 heavy (non-hydrogen) atoms. The van der Waals surface area contributed by atoms with Gasteiger partial charge in [-0.25, -0.2) is 14.6 Å². The average molecular weight is 751 g/mol. The van der Waals surface area contributed by atoms with Crippen LogP contribution in [0.4, 0.5) is 20.3 Å². The van der Waals surface area contributed by atoms with Crippen LogP contribution >= 0.6 is 0 Å². The number of nitrogens with two attached hydrogens (primary N) is 2. The average Bonchev–Trinajstić information content (AvgIpc) is 3.11. The van der Waals surface area contributed by atoms with Crippen LogP contribution in [-0.2, 0) is 32.2 Å². The molecular weight excluding hydrogens is 706 g/mol. The number of nitrogens with one attached hydrogen (secondary N) is 4. The predicted molar refractivity (Wildman–Crippen MR) is 200 cm³/mol. The Morgan fingerprint density at radius 3 is 2.17 bits per heavy atom. The maximum Gasteiger partial charge on any atom is 0.374 e. The molecule has 0 saturated heterocycles. The van der Waals surface area contributed by atoms with E-state index in [4.69, 9.17) is 26.7 Å². The van der Waals surface area contributed by atoms with Crippen LogP contribution in [0.5, 0.6) is 0 Å². The number of hydrogen-bond donors (Lipinski definition) is 7. The summed E-state index contributed by atoms with van der Waals surface area (Å²) in [6.07, 6.45) is 1.43. The first-order chi connectivity index (χ1) is 24.9. The lowest BCUT2D eigenvalue weighted by molar-refractivity contribution is -0.162. The van der Waals surface area contributed by atoms with Crippen molar-refractivity contribution in [1.29, 1.82) is 5.41 Å². The van der Waals surface area contributed by atoms with E-state index >= 15 is 0 Å². The van der Waals surface area contributed by atoms with Gasteiger partial charge in [-0.3, -0.25) is 24.4 Å². The number of halogens is 2. The van der Waals surface area contributed by atoms with E-state index in [2.05, 4.69) is 20.9 Å². The number of hydrogen-bond acceptors (Lipinski definition) is 10. The molecule has 0 spiro atoms. The molecule has 288 valence electrons. The molecule has 17 heteroatoms. The summed E-state index contributed by atoms with van der Waals surface area (Å²) in [7, 11) is 1.23. The Bertz CT molecular complexity index is 2020. The summed E-state index contributed by atoms with van der Waals surface area (Å²) in [6.45, 7) is 3.85. The van der Waals surface area contributed by atoms with Crippen LogP contribution in [0.3, 0.4) is 0 Å². The fraction of sp³-hybridized carbons (Fsp3) is 0.270. The van der Waals surface area contributed by atoms with Crippen molar-refractivity contribution in [2.75, 3.05) is 18.2 Å². The molecule has 0 aliphatic carbocycles. The Morgan fingerprint density at radius 2 is 1.63 bits per heavy atom.